The van der Waals surface area contributed by atoms with Gasteiger partial charge in [0.2, 0.25) is 5.95 Å². The van der Waals surface area contributed by atoms with Gasteiger partial charge in [-0.2, -0.15) is 10.1 Å². The Morgan fingerprint density at radius 3 is 2.27 bits per heavy atom. The zero-order valence-electron chi connectivity index (χ0n) is 22.7. The minimum absolute atomic E-state index is 0.0167. The molecule has 5 aromatic rings. The lowest BCUT2D eigenvalue weighted by Crippen LogP contribution is -2.38. The highest BCUT2D eigenvalue weighted by Gasteiger charge is 2.21. The van der Waals surface area contributed by atoms with Gasteiger partial charge in [0.05, 0.1) is 12.8 Å². The number of hydrogen-bond donors (Lipinski definition) is 2. The van der Waals surface area contributed by atoms with E-state index in [1.807, 2.05) is 72.8 Å². The summed E-state index contributed by atoms with van der Waals surface area (Å²) in [5.41, 5.74) is 4.02. The van der Waals surface area contributed by atoms with Gasteiger partial charge in [-0.1, -0.05) is 48.5 Å². The Kier molecular flexibility index (Phi) is 8.26. The SMILES string of the molecule is Cn1c(=O)c2c(nc(NN=Cc3ccc(OCc4ccccc4)cc3)n2CC(O)COc2ccccc2)n(C)c1=O. The Morgan fingerprint density at radius 1 is 0.902 bits per heavy atom. The van der Waals surface area contributed by atoms with Crippen LogP contribution in [0.25, 0.3) is 11.2 Å². The molecule has 1 unspecified atom stereocenters. The molecule has 2 heterocycles. The Hall–Kier alpha value is -5.16. The van der Waals surface area contributed by atoms with Crippen molar-refractivity contribution in [2.24, 2.45) is 19.2 Å². The maximum absolute atomic E-state index is 13.1. The Bertz CT molecular complexity index is 1760. The molecule has 11 nitrogen and oxygen atoms in total. The molecule has 3 aromatic carbocycles. The molecular formula is C30H30N6O5. The average molecular weight is 555 g/mol. The number of hydrazone groups is 1. The zero-order chi connectivity index (χ0) is 28.8. The van der Waals surface area contributed by atoms with E-state index in [0.717, 1.165) is 21.4 Å². The molecule has 0 amide bonds. The number of ether oxygens (including phenoxy) is 2. The summed E-state index contributed by atoms with van der Waals surface area (Å²) in [7, 11) is 2.93. The van der Waals surface area contributed by atoms with E-state index in [1.54, 1.807) is 18.3 Å². The van der Waals surface area contributed by atoms with Gasteiger partial charge in [0.25, 0.3) is 5.56 Å². The lowest BCUT2D eigenvalue weighted by atomic mass is 10.2. The molecule has 0 fully saturated rings. The fraction of sp³-hybridized carbons (Fsp3) is 0.200. The van der Waals surface area contributed by atoms with Crippen molar-refractivity contribution in [2.45, 2.75) is 19.3 Å². The van der Waals surface area contributed by atoms with Crippen LogP contribution in [0.2, 0.25) is 0 Å². The van der Waals surface area contributed by atoms with Crippen LogP contribution in [-0.2, 0) is 27.2 Å². The van der Waals surface area contributed by atoms with Gasteiger partial charge in [0, 0.05) is 14.1 Å². The predicted octanol–water partition coefficient (Wildman–Crippen LogP) is 2.90. The number of aliphatic hydroxyl groups is 1. The predicted molar refractivity (Wildman–Crippen MR) is 157 cm³/mol. The van der Waals surface area contributed by atoms with E-state index in [1.165, 1.54) is 23.2 Å². The number of nitrogens with one attached hydrogen (secondary N) is 1. The van der Waals surface area contributed by atoms with Crippen LogP contribution >= 0.6 is 0 Å². The van der Waals surface area contributed by atoms with E-state index in [-0.39, 0.29) is 30.3 Å². The largest absolute Gasteiger partial charge is 0.491 e. The van der Waals surface area contributed by atoms with Crippen molar-refractivity contribution in [1.29, 1.82) is 0 Å². The minimum Gasteiger partial charge on any atom is -0.491 e. The monoisotopic (exact) mass is 554 g/mol. The molecule has 0 spiro atoms. The third-order valence-electron chi connectivity index (χ3n) is 6.43. The molecule has 11 heteroatoms. The summed E-state index contributed by atoms with van der Waals surface area (Å²) in [6.07, 6.45) is 0.610. The first-order valence-electron chi connectivity index (χ1n) is 13.0. The smallest absolute Gasteiger partial charge is 0.332 e. The van der Waals surface area contributed by atoms with Gasteiger partial charge in [0.1, 0.15) is 30.8 Å². The second kappa shape index (κ2) is 12.3. The zero-order valence-corrected chi connectivity index (χ0v) is 22.7. The van der Waals surface area contributed by atoms with Crippen LogP contribution in [0, 0.1) is 0 Å². The Balaban J connectivity index is 1.33. The number of aliphatic hydroxyl groups excluding tert-OH is 1. The minimum atomic E-state index is -0.984. The molecule has 0 aliphatic carbocycles. The van der Waals surface area contributed by atoms with Gasteiger partial charge >= 0.3 is 5.69 Å². The lowest BCUT2D eigenvalue weighted by Gasteiger charge is -2.15. The quantitative estimate of drug-likeness (QED) is 0.190. The first-order valence-corrected chi connectivity index (χ1v) is 13.0. The van der Waals surface area contributed by atoms with E-state index < -0.39 is 17.4 Å². The summed E-state index contributed by atoms with van der Waals surface area (Å²) < 4.78 is 15.3. The molecule has 0 saturated heterocycles. The first kappa shape index (κ1) is 27.4. The van der Waals surface area contributed by atoms with Crippen molar-refractivity contribution >= 4 is 23.3 Å². The van der Waals surface area contributed by atoms with Gasteiger partial charge in [0.15, 0.2) is 11.2 Å². The van der Waals surface area contributed by atoms with Crippen molar-refractivity contribution < 1.29 is 14.6 Å². The first-order chi connectivity index (χ1) is 19.9. The molecule has 0 aliphatic heterocycles. The third kappa shape index (κ3) is 6.36. The molecule has 5 rings (SSSR count). The van der Waals surface area contributed by atoms with E-state index >= 15 is 0 Å². The summed E-state index contributed by atoms with van der Waals surface area (Å²) in [6.45, 7) is 0.426. The van der Waals surface area contributed by atoms with Crippen molar-refractivity contribution in [2.75, 3.05) is 12.0 Å². The molecule has 0 radical (unpaired) electrons. The van der Waals surface area contributed by atoms with Crippen molar-refractivity contribution in [3.8, 4) is 11.5 Å². The number of nitrogens with zero attached hydrogens (tertiary/aromatic N) is 5. The van der Waals surface area contributed by atoms with Crippen LogP contribution in [0.15, 0.2) is 99.6 Å². The fourth-order valence-electron chi connectivity index (χ4n) is 4.24. The standard InChI is InChI=1S/C30H30N6O5/c1-34-27-26(28(38)35(2)30(34)39)36(18-23(37)20-41-24-11-7-4-8-12-24)29(32-27)33-31-17-21-13-15-25(16-14-21)40-19-22-9-5-3-6-10-22/h3-17,23,37H,18-20H2,1-2H3,(H,32,33). The van der Waals surface area contributed by atoms with Crippen LogP contribution in [0.4, 0.5) is 5.95 Å². The van der Waals surface area contributed by atoms with Gasteiger partial charge < -0.3 is 19.1 Å². The number of imidazole rings is 1. The van der Waals surface area contributed by atoms with Crippen LogP contribution < -0.4 is 26.1 Å². The second-order valence-corrected chi connectivity index (χ2v) is 9.42. The highest BCUT2D eigenvalue weighted by molar-refractivity contribution is 5.80. The highest BCUT2D eigenvalue weighted by Crippen LogP contribution is 2.18. The Labute approximate surface area is 235 Å². The summed E-state index contributed by atoms with van der Waals surface area (Å²) in [4.78, 5) is 30.0. The van der Waals surface area contributed by atoms with Crippen LogP contribution in [0.5, 0.6) is 11.5 Å². The molecule has 41 heavy (non-hydrogen) atoms. The molecule has 1 atom stereocenters. The lowest BCUT2D eigenvalue weighted by molar-refractivity contribution is 0.0938. The normalized spacial score (nSPS) is 12.1. The van der Waals surface area contributed by atoms with Gasteiger partial charge in [-0.15, -0.1) is 0 Å². The maximum atomic E-state index is 13.1. The van der Waals surface area contributed by atoms with E-state index in [4.69, 9.17) is 9.47 Å². The third-order valence-corrected chi connectivity index (χ3v) is 6.43. The number of aryl methyl sites for hydroxylation is 1. The number of aromatic nitrogens is 4. The fourth-order valence-corrected chi connectivity index (χ4v) is 4.24. The van der Waals surface area contributed by atoms with Crippen LogP contribution in [-0.4, -0.2) is 42.7 Å². The second-order valence-electron chi connectivity index (χ2n) is 9.42. The number of fused-ring (bicyclic) bond motifs is 1. The van der Waals surface area contributed by atoms with Crippen molar-refractivity contribution in [3.05, 3.63) is 117 Å². The highest BCUT2D eigenvalue weighted by atomic mass is 16.5. The maximum Gasteiger partial charge on any atom is 0.332 e. The van der Waals surface area contributed by atoms with Crippen LogP contribution in [0.3, 0.4) is 0 Å². The summed E-state index contributed by atoms with van der Waals surface area (Å²) >= 11 is 0. The van der Waals surface area contributed by atoms with Crippen molar-refractivity contribution in [3.63, 3.8) is 0 Å². The average Bonchev–Trinajstić information content (AvgIpc) is 3.36. The molecule has 0 saturated carbocycles. The molecule has 0 bridgehead atoms. The van der Waals surface area contributed by atoms with Gasteiger partial charge in [-0.05, 0) is 47.5 Å². The summed E-state index contributed by atoms with van der Waals surface area (Å²) in [6, 6.07) is 26.4. The number of para-hydroxylation sites is 1. The number of hydrogen-bond acceptors (Lipinski definition) is 8. The molecular weight excluding hydrogens is 524 g/mol. The molecule has 2 N–H and O–H groups in total. The molecule has 0 aliphatic rings. The Morgan fingerprint density at radius 2 is 1.56 bits per heavy atom. The van der Waals surface area contributed by atoms with Crippen LogP contribution in [0.1, 0.15) is 11.1 Å². The van der Waals surface area contributed by atoms with Gasteiger partial charge in [-0.3, -0.25) is 13.9 Å². The van der Waals surface area contributed by atoms with E-state index in [2.05, 4.69) is 15.5 Å². The molecule has 2 aromatic heterocycles. The van der Waals surface area contributed by atoms with Gasteiger partial charge in [-0.25, -0.2) is 10.2 Å². The summed E-state index contributed by atoms with van der Waals surface area (Å²) in [5, 5.41) is 15.1. The number of rotatable bonds is 11. The number of benzene rings is 3. The van der Waals surface area contributed by atoms with E-state index in [0.29, 0.717) is 12.4 Å². The van der Waals surface area contributed by atoms with Crippen molar-refractivity contribution in [1.82, 2.24) is 18.7 Å². The topological polar surface area (TPSA) is 125 Å². The number of anilines is 1. The van der Waals surface area contributed by atoms with E-state index in [9.17, 15) is 14.7 Å². The molecule has 210 valence electrons. The summed E-state index contributed by atoms with van der Waals surface area (Å²) in [5.74, 6) is 1.53.